The van der Waals surface area contributed by atoms with Gasteiger partial charge in [0.05, 0.1) is 6.61 Å². The standard InChI is InChI=1S/C10H21NO/c1-9-5-4-6-10(2)11(9)7-8-12-3/h9-10H,4-8H2,1-3H3/t9-,10-/m1/s1. The molecular weight excluding hydrogens is 150 g/mol. The van der Waals surface area contributed by atoms with Crippen molar-refractivity contribution < 1.29 is 4.74 Å². The van der Waals surface area contributed by atoms with Crippen molar-refractivity contribution in [2.75, 3.05) is 20.3 Å². The molecule has 0 aliphatic carbocycles. The van der Waals surface area contributed by atoms with Crippen LogP contribution in [-0.4, -0.2) is 37.2 Å². The Bertz CT molecular complexity index is 117. The first-order valence-corrected chi connectivity index (χ1v) is 5.00. The minimum Gasteiger partial charge on any atom is -0.383 e. The lowest BCUT2D eigenvalue weighted by Gasteiger charge is -2.38. The van der Waals surface area contributed by atoms with E-state index < -0.39 is 0 Å². The summed E-state index contributed by atoms with van der Waals surface area (Å²) in [5.41, 5.74) is 0. The molecule has 0 saturated carbocycles. The molecule has 0 bridgehead atoms. The summed E-state index contributed by atoms with van der Waals surface area (Å²) in [6.07, 6.45) is 4.11. The zero-order valence-electron chi connectivity index (χ0n) is 8.55. The van der Waals surface area contributed by atoms with Gasteiger partial charge in [0.15, 0.2) is 0 Å². The molecule has 0 radical (unpaired) electrons. The molecule has 1 aliphatic rings. The van der Waals surface area contributed by atoms with E-state index in [-0.39, 0.29) is 0 Å². The Balaban J connectivity index is 2.34. The van der Waals surface area contributed by atoms with E-state index in [1.54, 1.807) is 7.11 Å². The molecule has 1 rings (SSSR count). The number of hydrogen-bond acceptors (Lipinski definition) is 2. The number of piperidine rings is 1. The summed E-state index contributed by atoms with van der Waals surface area (Å²) in [7, 11) is 1.78. The van der Waals surface area contributed by atoms with Gasteiger partial charge in [-0.05, 0) is 26.7 Å². The third-order valence-corrected chi connectivity index (χ3v) is 2.93. The molecule has 12 heavy (non-hydrogen) atoms. The Morgan fingerprint density at radius 2 is 1.83 bits per heavy atom. The fourth-order valence-electron chi connectivity index (χ4n) is 2.11. The maximum atomic E-state index is 5.10. The van der Waals surface area contributed by atoms with Gasteiger partial charge in [0.1, 0.15) is 0 Å². The molecule has 0 unspecified atom stereocenters. The van der Waals surface area contributed by atoms with Crippen LogP contribution in [0, 0.1) is 0 Å². The SMILES string of the molecule is COCCN1[C@H](C)CCC[C@H]1C. The second kappa shape index (κ2) is 4.83. The lowest BCUT2D eigenvalue weighted by Crippen LogP contribution is -2.45. The predicted molar refractivity (Wildman–Crippen MR) is 51.4 cm³/mol. The van der Waals surface area contributed by atoms with E-state index in [1.165, 1.54) is 19.3 Å². The van der Waals surface area contributed by atoms with Crippen LogP contribution in [0.15, 0.2) is 0 Å². The zero-order valence-corrected chi connectivity index (χ0v) is 8.55. The first-order valence-electron chi connectivity index (χ1n) is 5.00. The zero-order chi connectivity index (χ0) is 8.97. The largest absolute Gasteiger partial charge is 0.383 e. The van der Waals surface area contributed by atoms with Crippen molar-refractivity contribution in [2.24, 2.45) is 0 Å². The monoisotopic (exact) mass is 171 g/mol. The molecule has 2 atom stereocenters. The molecular formula is C10H21NO. The highest BCUT2D eigenvalue weighted by atomic mass is 16.5. The minimum absolute atomic E-state index is 0.754. The Kier molecular flexibility index (Phi) is 4.02. The first kappa shape index (κ1) is 10.0. The van der Waals surface area contributed by atoms with E-state index in [9.17, 15) is 0 Å². The van der Waals surface area contributed by atoms with Crippen molar-refractivity contribution in [3.05, 3.63) is 0 Å². The summed E-state index contributed by atoms with van der Waals surface area (Å²) in [5.74, 6) is 0. The number of nitrogens with zero attached hydrogens (tertiary/aromatic N) is 1. The first-order chi connectivity index (χ1) is 5.75. The Hall–Kier alpha value is -0.0800. The second-order valence-electron chi connectivity index (χ2n) is 3.86. The highest BCUT2D eigenvalue weighted by Crippen LogP contribution is 2.21. The fraction of sp³-hybridized carbons (Fsp3) is 1.00. The van der Waals surface area contributed by atoms with E-state index >= 15 is 0 Å². The van der Waals surface area contributed by atoms with Crippen LogP contribution in [0.3, 0.4) is 0 Å². The van der Waals surface area contributed by atoms with E-state index in [0.717, 1.165) is 25.2 Å². The molecule has 0 spiro atoms. The Morgan fingerprint density at radius 3 is 2.33 bits per heavy atom. The highest BCUT2D eigenvalue weighted by Gasteiger charge is 2.23. The molecule has 2 heteroatoms. The molecule has 0 aromatic heterocycles. The topological polar surface area (TPSA) is 12.5 Å². The van der Waals surface area contributed by atoms with Crippen LogP contribution in [-0.2, 0) is 4.74 Å². The normalized spacial score (nSPS) is 32.2. The summed E-state index contributed by atoms with van der Waals surface area (Å²) in [4.78, 5) is 2.56. The molecule has 72 valence electrons. The van der Waals surface area contributed by atoms with Crippen LogP contribution in [0.2, 0.25) is 0 Å². The third-order valence-electron chi connectivity index (χ3n) is 2.93. The molecule has 0 amide bonds. The van der Waals surface area contributed by atoms with E-state index in [1.807, 2.05) is 0 Å². The predicted octanol–water partition coefficient (Wildman–Crippen LogP) is 1.90. The third kappa shape index (κ3) is 2.46. The van der Waals surface area contributed by atoms with E-state index in [2.05, 4.69) is 18.7 Å². The molecule has 1 fully saturated rings. The average molecular weight is 171 g/mol. The number of hydrogen-bond donors (Lipinski definition) is 0. The minimum atomic E-state index is 0.754. The van der Waals surface area contributed by atoms with Crippen LogP contribution in [0.1, 0.15) is 33.1 Å². The van der Waals surface area contributed by atoms with Crippen LogP contribution in [0.5, 0.6) is 0 Å². The highest BCUT2D eigenvalue weighted by molar-refractivity contribution is 4.78. The molecule has 0 aromatic carbocycles. The maximum absolute atomic E-state index is 5.10. The molecule has 0 aromatic rings. The van der Waals surface area contributed by atoms with Crippen LogP contribution in [0.4, 0.5) is 0 Å². The summed E-state index contributed by atoms with van der Waals surface area (Å²) >= 11 is 0. The van der Waals surface area contributed by atoms with Crippen LogP contribution < -0.4 is 0 Å². The lowest BCUT2D eigenvalue weighted by atomic mass is 9.98. The van der Waals surface area contributed by atoms with Gasteiger partial charge in [-0.2, -0.15) is 0 Å². The quantitative estimate of drug-likeness (QED) is 0.643. The van der Waals surface area contributed by atoms with Crippen molar-refractivity contribution >= 4 is 0 Å². The van der Waals surface area contributed by atoms with Gasteiger partial charge in [0.25, 0.3) is 0 Å². The van der Waals surface area contributed by atoms with Gasteiger partial charge in [-0.3, -0.25) is 4.90 Å². The Morgan fingerprint density at radius 1 is 1.25 bits per heavy atom. The molecule has 1 heterocycles. The smallest absolute Gasteiger partial charge is 0.0589 e. The van der Waals surface area contributed by atoms with E-state index in [0.29, 0.717) is 0 Å². The van der Waals surface area contributed by atoms with Crippen molar-refractivity contribution in [2.45, 2.75) is 45.2 Å². The molecule has 1 saturated heterocycles. The van der Waals surface area contributed by atoms with Crippen molar-refractivity contribution in [1.82, 2.24) is 4.90 Å². The summed E-state index contributed by atoms with van der Waals surface area (Å²) < 4.78 is 5.10. The summed E-state index contributed by atoms with van der Waals surface area (Å²) in [6.45, 7) is 6.62. The lowest BCUT2D eigenvalue weighted by molar-refractivity contribution is 0.0666. The fourth-order valence-corrected chi connectivity index (χ4v) is 2.11. The Labute approximate surface area is 75.9 Å². The van der Waals surface area contributed by atoms with Gasteiger partial charge in [-0.1, -0.05) is 6.42 Å². The van der Waals surface area contributed by atoms with Gasteiger partial charge in [-0.15, -0.1) is 0 Å². The maximum Gasteiger partial charge on any atom is 0.0589 e. The van der Waals surface area contributed by atoms with Gasteiger partial charge in [0.2, 0.25) is 0 Å². The van der Waals surface area contributed by atoms with E-state index in [4.69, 9.17) is 4.74 Å². The van der Waals surface area contributed by atoms with Crippen molar-refractivity contribution in [1.29, 1.82) is 0 Å². The second-order valence-corrected chi connectivity index (χ2v) is 3.86. The summed E-state index contributed by atoms with van der Waals surface area (Å²) in [6, 6.07) is 1.51. The van der Waals surface area contributed by atoms with Crippen LogP contribution >= 0.6 is 0 Å². The van der Waals surface area contributed by atoms with Crippen molar-refractivity contribution in [3.8, 4) is 0 Å². The summed E-state index contributed by atoms with van der Waals surface area (Å²) in [5, 5.41) is 0. The molecule has 0 N–H and O–H groups in total. The average Bonchev–Trinajstić information content (AvgIpc) is 2.04. The number of likely N-dealkylation sites (tertiary alicyclic amines) is 1. The number of rotatable bonds is 3. The van der Waals surface area contributed by atoms with Gasteiger partial charge in [-0.25, -0.2) is 0 Å². The molecule has 1 aliphatic heterocycles. The number of methoxy groups -OCH3 is 1. The van der Waals surface area contributed by atoms with Crippen molar-refractivity contribution in [3.63, 3.8) is 0 Å². The van der Waals surface area contributed by atoms with Crippen LogP contribution in [0.25, 0.3) is 0 Å². The molecule has 2 nitrogen and oxygen atoms in total. The van der Waals surface area contributed by atoms with Gasteiger partial charge >= 0.3 is 0 Å². The number of ether oxygens (including phenoxy) is 1. The van der Waals surface area contributed by atoms with Gasteiger partial charge < -0.3 is 4.74 Å². The van der Waals surface area contributed by atoms with Gasteiger partial charge in [0, 0.05) is 25.7 Å².